The van der Waals surface area contributed by atoms with E-state index >= 15 is 0 Å². The van der Waals surface area contributed by atoms with Crippen molar-refractivity contribution >= 4 is 8.53 Å². The first kappa shape index (κ1) is 16.4. The topological polar surface area (TPSA) is 72.7 Å². The van der Waals surface area contributed by atoms with Gasteiger partial charge in [0.2, 0.25) is 0 Å². The second-order valence-corrected chi connectivity index (χ2v) is 6.74. The van der Waals surface area contributed by atoms with Crippen LogP contribution >= 0.6 is 8.53 Å². The first-order valence-corrected chi connectivity index (χ1v) is 8.88. The van der Waals surface area contributed by atoms with Crippen molar-refractivity contribution in [3.63, 3.8) is 0 Å². The van der Waals surface area contributed by atoms with Gasteiger partial charge in [-0.2, -0.15) is 0 Å². The summed E-state index contributed by atoms with van der Waals surface area (Å²) in [6, 6.07) is 11.8. The predicted molar refractivity (Wildman–Crippen MR) is 88.9 cm³/mol. The molecule has 2 aromatic heterocycles. The highest BCUT2D eigenvalue weighted by molar-refractivity contribution is 7.42. The van der Waals surface area contributed by atoms with Crippen molar-refractivity contribution in [2.24, 2.45) is 0 Å². The highest BCUT2D eigenvalue weighted by Gasteiger charge is 2.18. The molecule has 0 saturated carbocycles. The number of nitrogens with zero attached hydrogens (tertiary/aromatic N) is 4. The summed E-state index contributed by atoms with van der Waals surface area (Å²) < 4.78 is 1.60. The number of fused-ring (bicyclic) bond motifs is 4. The molecule has 0 unspecified atom stereocenters. The van der Waals surface area contributed by atoms with Crippen LogP contribution in [-0.2, 0) is 26.2 Å². The predicted octanol–water partition coefficient (Wildman–Crippen LogP) is 2.03. The number of hydrogen-bond acceptors (Lipinski definition) is 6. The molecule has 3 heterocycles. The van der Waals surface area contributed by atoms with Crippen LogP contribution in [0.2, 0.25) is 0 Å². The smallest absolute Gasteiger partial charge is 0.253 e. The molecule has 0 amide bonds. The third-order valence-corrected chi connectivity index (χ3v) is 4.68. The average Bonchev–Trinajstić information content (AvgIpc) is 2.53. The summed E-state index contributed by atoms with van der Waals surface area (Å²) in [6.45, 7) is 5.34. The van der Waals surface area contributed by atoms with Gasteiger partial charge in [-0.05, 0) is 30.8 Å². The van der Waals surface area contributed by atoms with Crippen molar-refractivity contribution in [2.75, 3.05) is 6.54 Å². The summed E-state index contributed by atoms with van der Waals surface area (Å²) in [6.07, 6.45) is 0. The van der Waals surface area contributed by atoms with Crippen LogP contribution in [-0.4, -0.2) is 35.9 Å². The molecular formula is C16H21N4O2P. The molecule has 0 saturated heterocycles. The molecule has 0 atom stereocenters. The molecule has 2 aromatic rings. The van der Waals surface area contributed by atoms with E-state index in [4.69, 9.17) is 0 Å². The molecule has 7 heteroatoms. The van der Waals surface area contributed by atoms with Gasteiger partial charge in [0.1, 0.15) is 0 Å². The zero-order valence-corrected chi connectivity index (χ0v) is 14.0. The molecule has 0 aliphatic carbocycles. The highest BCUT2D eigenvalue weighted by Crippen LogP contribution is 2.33. The van der Waals surface area contributed by atoms with Crippen molar-refractivity contribution in [3.8, 4) is 0 Å². The van der Waals surface area contributed by atoms with Crippen molar-refractivity contribution in [3.05, 3.63) is 59.2 Å². The third-order valence-electron chi connectivity index (χ3n) is 3.89. The van der Waals surface area contributed by atoms with Crippen molar-refractivity contribution < 1.29 is 9.79 Å². The molecule has 0 radical (unpaired) electrons. The SMILES string of the molecule is CCN1Cc2cccc(n2)CN(P(O)O)Cc2cccc(n2)C1. The zero-order valence-electron chi connectivity index (χ0n) is 13.1. The Balaban J connectivity index is 1.97. The molecule has 2 N–H and O–H groups in total. The van der Waals surface area contributed by atoms with E-state index in [1.54, 1.807) is 4.67 Å². The monoisotopic (exact) mass is 332 g/mol. The maximum absolute atomic E-state index is 9.71. The summed E-state index contributed by atoms with van der Waals surface area (Å²) in [5, 5.41) is 0. The largest absolute Gasteiger partial charge is 0.338 e. The Morgan fingerprint density at radius 3 is 1.70 bits per heavy atom. The van der Waals surface area contributed by atoms with Crippen molar-refractivity contribution in [2.45, 2.75) is 33.1 Å². The lowest BCUT2D eigenvalue weighted by molar-refractivity contribution is 0.262. The molecule has 6 nitrogen and oxygen atoms in total. The van der Waals surface area contributed by atoms with Gasteiger partial charge < -0.3 is 9.79 Å². The molecular weight excluding hydrogens is 311 g/mol. The van der Waals surface area contributed by atoms with Crippen molar-refractivity contribution in [1.82, 2.24) is 19.5 Å². The van der Waals surface area contributed by atoms with E-state index in [0.29, 0.717) is 13.1 Å². The number of pyridine rings is 2. The molecule has 1 aliphatic rings. The van der Waals surface area contributed by atoms with Gasteiger partial charge in [0.25, 0.3) is 8.53 Å². The first-order chi connectivity index (χ1) is 11.1. The highest BCUT2D eigenvalue weighted by atomic mass is 31.2. The Morgan fingerprint density at radius 1 is 0.870 bits per heavy atom. The molecule has 23 heavy (non-hydrogen) atoms. The van der Waals surface area contributed by atoms with Gasteiger partial charge in [-0.1, -0.05) is 19.1 Å². The van der Waals surface area contributed by atoms with Gasteiger partial charge in [0.15, 0.2) is 0 Å². The quantitative estimate of drug-likeness (QED) is 0.820. The Bertz CT molecular complexity index is 617. The van der Waals surface area contributed by atoms with Gasteiger partial charge >= 0.3 is 0 Å². The number of hydrogen-bond donors (Lipinski definition) is 2. The first-order valence-electron chi connectivity index (χ1n) is 7.68. The third kappa shape index (κ3) is 4.31. The number of rotatable bonds is 2. The van der Waals surface area contributed by atoms with Crippen molar-refractivity contribution in [1.29, 1.82) is 0 Å². The van der Waals surface area contributed by atoms with E-state index in [9.17, 15) is 9.79 Å². The lowest BCUT2D eigenvalue weighted by Gasteiger charge is -2.25. The Labute approximate surface area is 137 Å². The molecule has 0 fully saturated rings. The van der Waals surface area contributed by atoms with Crippen LogP contribution in [0.25, 0.3) is 0 Å². The fourth-order valence-electron chi connectivity index (χ4n) is 2.70. The molecule has 0 aromatic carbocycles. The second kappa shape index (κ2) is 7.43. The van der Waals surface area contributed by atoms with Gasteiger partial charge in [0.05, 0.1) is 22.8 Å². The van der Waals surface area contributed by atoms with Crippen LogP contribution in [0.4, 0.5) is 0 Å². The Kier molecular flexibility index (Phi) is 5.30. The van der Waals surface area contributed by atoms with Crippen LogP contribution in [0.15, 0.2) is 36.4 Å². The lowest BCUT2D eigenvalue weighted by atomic mass is 10.2. The summed E-state index contributed by atoms with van der Waals surface area (Å²) in [7, 11) is -2.19. The van der Waals surface area contributed by atoms with Gasteiger partial charge in [0, 0.05) is 26.2 Å². The zero-order chi connectivity index (χ0) is 16.2. The maximum atomic E-state index is 9.71. The molecule has 122 valence electrons. The minimum Gasteiger partial charge on any atom is -0.338 e. The minimum absolute atomic E-state index is 0.393. The molecule has 3 rings (SSSR count). The van der Waals surface area contributed by atoms with Crippen LogP contribution in [0.5, 0.6) is 0 Å². The summed E-state index contributed by atoms with van der Waals surface area (Å²) in [5.74, 6) is 0. The van der Waals surface area contributed by atoms with Crippen LogP contribution in [0.1, 0.15) is 29.7 Å². The van der Waals surface area contributed by atoms with E-state index < -0.39 is 8.53 Å². The molecule has 1 aliphatic heterocycles. The second-order valence-electron chi connectivity index (χ2n) is 5.63. The normalized spacial score (nSPS) is 16.9. The molecule has 4 bridgehead atoms. The maximum Gasteiger partial charge on any atom is 0.253 e. The van der Waals surface area contributed by atoms with E-state index in [-0.39, 0.29) is 0 Å². The fraction of sp³-hybridized carbons (Fsp3) is 0.375. The van der Waals surface area contributed by atoms with Crippen LogP contribution in [0.3, 0.4) is 0 Å². The van der Waals surface area contributed by atoms with E-state index in [1.165, 1.54) is 0 Å². The molecule has 0 spiro atoms. The van der Waals surface area contributed by atoms with Crippen LogP contribution in [0, 0.1) is 0 Å². The standard InChI is InChI=1S/C16H21N4O2P/c1-2-19-9-13-5-3-7-15(17-13)11-20(23(21)22)12-16-8-4-6-14(10-19)18-16/h3-8,21-22H,2,9-12H2,1H3. The van der Waals surface area contributed by atoms with Gasteiger partial charge in [-0.3, -0.25) is 14.9 Å². The van der Waals surface area contributed by atoms with Gasteiger partial charge in [-0.25, -0.2) is 4.67 Å². The Morgan fingerprint density at radius 2 is 1.30 bits per heavy atom. The number of aromatic nitrogens is 2. The summed E-state index contributed by atoms with van der Waals surface area (Å²) >= 11 is 0. The lowest BCUT2D eigenvalue weighted by Crippen LogP contribution is -2.25. The van der Waals surface area contributed by atoms with Crippen LogP contribution < -0.4 is 0 Å². The van der Waals surface area contributed by atoms with E-state index in [0.717, 1.165) is 42.4 Å². The minimum atomic E-state index is -2.19. The van der Waals surface area contributed by atoms with E-state index in [2.05, 4.69) is 21.8 Å². The summed E-state index contributed by atoms with van der Waals surface area (Å²) in [5.41, 5.74) is 3.65. The fourth-order valence-corrected chi connectivity index (χ4v) is 3.25. The van der Waals surface area contributed by atoms with Gasteiger partial charge in [-0.15, -0.1) is 0 Å². The van der Waals surface area contributed by atoms with E-state index in [1.807, 2.05) is 36.4 Å². The summed E-state index contributed by atoms with van der Waals surface area (Å²) in [4.78, 5) is 31.0. The Hall–Kier alpha value is -1.43. The average molecular weight is 332 g/mol.